The van der Waals surface area contributed by atoms with Gasteiger partial charge in [0.05, 0.1) is 14.2 Å². The van der Waals surface area contributed by atoms with Crippen LogP contribution >= 0.6 is 0 Å². The Morgan fingerprint density at radius 2 is 1.26 bits per heavy atom. The van der Waals surface area contributed by atoms with Gasteiger partial charge in [-0.05, 0) is 30.2 Å². The van der Waals surface area contributed by atoms with Gasteiger partial charge >= 0.3 is 0 Å². The van der Waals surface area contributed by atoms with Crippen molar-refractivity contribution in [2.75, 3.05) is 14.2 Å². The van der Waals surface area contributed by atoms with Crippen LogP contribution in [0.5, 0.6) is 11.5 Å². The van der Waals surface area contributed by atoms with Gasteiger partial charge in [-0.1, -0.05) is 42.0 Å². The minimum absolute atomic E-state index is 0.794. The minimum Gasteiger partial charge on any atom is -0.497 e. The van der Waals surface area contributed by atoms with E-state index in [1.165, 1.54) is 11.1 Å². The number of hydrogen-bond acceptors (Lipinski definition) is 2. The second-order valence-corrected chi connectivity index (χ2v) is 4.39. The normalized spacial score (nSPS) is 10.7. The van der Waals surface area contributed by atoms with Gasteiger partial charge in [0.1, 0.15) is 11.5 Å². The molecule has 0 aromatic heterocycles. The molecule has 0 spiro atoms. The average molecular weight is 254 g/mol. The molecule has 0 saturated carbocycles. The molecule has 19 heavy (non-hydrogen) atoms. The van der Waals surface area contributed by atoms with Gasteiger partial charge in [0.2, 0.25) is 0 Å². The molecule has 0 bridgehead atoms. The molecule has 0 amide bonds. The van der Waals surface area contributed by atoms with E-state index in [1.54, 1.807) is 14.2 Å². The van der Waals surface area contributed by atoms with Gasteiger partial charge < -0.3 is 9.47 Å². The molecule has 2 rings (SSSR count). The maximum atomic E-state index is 5.25. The third-order valence-corrected chi connectivity index (χ3v) is 2.92. The molecule has 0 aliphatic heterocycles. The number of aryl methyl sites for hydroxylation is 1. The van der Waals surface area contributed by atoms with Crippen LogP contribution in [0.25, 0.3) is 12.2 Å². The zero-order valence-electron chi connectivity index (χ0n) is 11.5. The molecule has 0 aliphatic carbocycles. The Morgan fingerprint density at radius 1 is 0.737 bits per heavy atom. The van der Waals surface area contributed by atoms with E-state index in [0.29, 0.717) is 0 Å². The fourth-order valence-corrected chi connectivity index (χ4v) is 1.80. The Morgan fingerprint density at radius 3 is 1.79 bits per heavy atom. The maximum absolute atomic E-state index is 5.25. The predicted molar refractivity (Wildman–Crippen MR) is 79.7 cm³/mol. The van der Waals surface area contributed by atoms with Crippen LogP contribution in [-0.4, -0.2) is 14.2 Å². The minimum atomic E-state index is 0.794. The molecular formula is C17H18O2. The van der Waals surface area contributed by atoms with E-state index in [2.05, 4.69) is 43.3 Å². The van der Waals surface area contributed by atoms with Crippen LogP contribution in [0.1, 0.15) is 16.7 Å². The highest BCUT2D eigenvalue weighted by Gasteiger charge is 1.99. The van der Waals surface area contributed by atoms with Gasteiger partial charge in [-0.2, -0.15) is 0 Å². The van der Waals surface area contributed by atoms with Crippen molar-refractivity contribution in [3.63, 3.8) is 0 Å². The fourth-order valence-electron chi connectivity index (χ4n) is 1.80. The van der Waals surface area contributed by atoms with Crippen LogP contribution in [-0.2, 0) is 0 Å². The third kappa shape index (κ3) is 3.62. The Balaban J connectivity index is 2.24. The SMILES string of the molecule is COc1cc(C=Cc2ccc(C)cc2)cc(OC)c1. The zero-order chi connectivity index (χ0) is 13.7. The second-order valence-electron chi connectivity index (χ2n) is 4.39. The van der Waals surface area contributed by atoms with E-state index >= 15 is 0 Å². The van der Waals surface area contributed by atoms with Crippen molar-refractivity contribution < 1.29 is 9.47 Å². The standard InChI is InChI=1S/C17H18O2/c1-13-4-6-14(7-5-13)8-9-15-10-16(18-2)12-17(11-15)19-3/h4-12H,1-3H3. The summed E-state index contributed by atoms with van der Waals surface area (Å²) in [5.41, 5.74) is 3.49. The van der Waals surface area contributed by atoms with Crippen molar-refractivity contribution in [1.82, 2.24) is 0 Å². The van der Waals surface area contributed by atoms with Crippen molar-refractivity contribution in [2.24, 2.45) is 0 Å². The summed E-state index contributed by atoms with van der Waals surface area (Å²) >= 11 is 0. The van der Waals surface area contributed by atoms with Gasteiger partial charge in [-0.3, -0.25) is 0 Å². The lowest BCUT2D eigenvalue weighted by Gasteiger charge is -2.05. The Bertz CT molecular complexity index is 546. The van der Waals surface area contributed by atoms with E-state index in [0.717, 1.165) is 17.1 Å². The van der Waals surface area contributed by atoms with E-state index in [9.17, 15) is 0 Å². The topological polar surface area (TPSA) is 18.5 Å². The van der Waals surface area contributed by atoms with E-state index in [-0.39, 0.29) is 0 Å². The van der Waals surface area contributed by atoms with Crippen LogP contribution in [0, 0.1) is 6.92 Å². The molecule has 0 radical (unpaired) electrons. The lowest BCUT2D eigenvalue weighted by Crippen LogP contribution is -1.88. The molecule has 0 saturated heterocycles. The van der Waals surface area contributed by atoms with Crippen LogP contribution in [0.15, 0.2) is 42.5 Å². The molecule has 0 heterocycles. The lowest BCUT2D eigenvalue weighted by atomic mass is 10.1. The molecule has 2 nitrogen and oxygen atoms in total. The zero-order valence-corrected chi connectivity index (χ0v) is 11.5. The summed E-state index contributed by atoms with van der Waals surface area (Å²) in [4.78, 5) is 0. The molecule has 2 aromatic carbocycles. The molecule has 2 heteroatoms. The van der Waals surface area contributed by atoms with Gasteiger partial charge in [0.25, 0.3) is 0 Å². The Kier molecular flexibility index (Phi) is 4.24. The highest BCUT2D eigenvalue weighted by atomic mass is 16.5. The first-order chi connectivity index (χ1) is 9.21. The van der Waals surface area contributed by atoms with Crippen LogP contribution in [0.3, 0.4) is 0 Å². The molecule has 2 aromatic rings. The maximum Gasteiger partial charge on any atom is 0.123 e. The molecular weight excluding hydrogens is 236 g/mol. The molecule has 0 unspecified atom stereocenters. The highest BCUT2D eigenvalue weighted by Crippen LogP contribution is 2.23. The fraction of sp³-hybridized carbons (Fsp3) is 0.176. The molecule has 98 valence electrons. The van der Waals surface area contributed by atoms with Gasteiger partial charge in [-0.25, -0.2) is 0 Å². The Hall–Kier alpha value is -2.22. The summed E-state index contributed by atoms with van der Waals surface area (Å²) in [6.45, 7) is 2.08. The number of hydrogen-bond donors (Lipinski definition) is 0. The number of ether oxygens (including phenoxy) is 2. The summed E-state index contributed by atoms with van der Waals surface area (Å²) in [5, 5.41) is 0. The average Bonchev–Trinajstić information content (AvgIpc) is 2.46. The monoisotopic (exact) mass is 254 g/mol. The summed E-state index contributed by atoms with van der Waals surface area (Å²) < 4.78 is 10.5. The molecule has 0 atom stereocenters. The first kappa shape index (κ1) is 13.2. The predicted octanol–water partition coefficient (Wildman–Crippen LogP) is 4.18. The van der Waals surface area contributed by atoms with Crippen molar-refractivity contribution in [2.45, 2.75) is 6.92 Å². The molecule has 0 aliphatic rings. The molecule has 0 N–H and O–H groups in total. The second kappa shape index (κ2) is 6.10. The third-order valence-electron chi connectivity index (χ3n) is 2.92. The van der Waals surface area contributed by atoms with Gasteiger partial charge in [0.15, 0.2) is 0 Å². The summed E-state index contributed by atoms with van der Waals surface area (Å²) in [6, 6.07) is 14.2. The quantitative estimate of drug-likeness (QED) is 0.762. The first-order valence-electron chi connectivity index (χ1n) is 6.19. The highest BCUT2D eigenvalue weighted by molar-refractivity contribution is 5.71. The largest absolute Gasteiger partial charge is 0.497 e. The smallest absolute Gasteiger partial charge is 0.123 e. The van der Waals surface area contributed by atoms with Gasteiger partial charge in [-0.15, -0.1) is 0 Å². The van der Waals surface area contributed by atoms with E-state index < -0.39 is 0 Å². The number of benzene rings is 2. The summed E-state index contributed by atoms with van der Waals surface area (Å²) in [5.74, 6) is 1.59. The van der Waals surface area contributed by atoms with E-state index in [4.69, 9.17) is 9.47 Å². The van der Waals surface area contributed by atoms with Gasteiger partial charge in [0, 0.05) is 6.07 Å². The number of rotatable bonds is 4. The van der Waals surface area contributed by atoms with Crippen molar-refractivity contribution in [1.29, 1.82) is 0 Å². The Labute approximate surface area is 114 Å². The lowest BCUT2D eigenvalue weighted by molar-refractivity contribution is 0.394. The number of methoxy groups -OCH3 is 2. The van der Waals surface area contributed by atoms with Crippen molar-refractivity contribution in [3.05, 3.63) is 59.2 Å². The van der Waals surface area contributed by atoms with Crippen LogP contribution < -0.4 is 9.47 Å². The van der Waals surface area contributed by atoms with Crippen molar-refractivity contribution >= 4 is 12.2 Å². The van der Waals surface area contributed by atoms with E-state index in [1.807, 2.05) is 18.2 Å². The summed E-state index contributed by atoms with van der Waals surface area (Å²) in [7, 11) is 3.31. The summed E-state index contributed by atoms with van der Waals surface area (Å²) in [6.07, 6.45) is 4.13. The van der Waals surface area contributed by atoms with Crippen LogP contribution in [0.4, 0.5) is 0 Å². The first-order valence-corrected chi connectivity index (χ1v) is 6.19. The van der Waals surface area contributed by atoms with Crippen LogP contribution in [0.2, 0.25) is 0 Å². The van der Waals surface area contributed by atoms with Crippen molar-refractivity contribution in [3.8, 4) is 11.5 Å². The molecule has 0 fully saturated rings.